The van der Waals surface area contributed by atoms with Gasteiger partial charge in [-0.1, -0.05) is 11.6 Å². The highest BCUT2D eigenvalue weighted by molar-refractivity contribution is 6.31. The number of aliphatic hydroxyl groups excluding tert-OH is 1. The van der Waals surface area contributed by atoms with Gasteiger partial charge in [0, 0.05) is 16.8 Å². The van der Waals surface area contributed by atoms with E-state index < -0.39 is 0 Å². The third kappa shape index (κ3) is 4.06. The summed E-state index contributed by atoms with van der Waals surface area (Å²) in [4.78, 5) is 24.0. The third-order valence-electron chi connectivity index (χ3n) is 3.31. The third-order valence-corrected chi connectivity index (χ3v) is 3.55. The maximum absolute atomic E-state index is 12.3. The number of halogens is 1. The summed E-state index contributed by atoms with van der Waals surface area (Å²) in [5, 5.41) is 12.5. The average Bonchev–Trinajstić information content (AvgIpc) is 2.56. The Morgan fingerprint density at radius 2 is 1.96 bits per heavy atom. The molecule has 0 fully saturated rings. The van der Waals surface area contributed by atoms with Gasteiger partial charge in [-0.2, -0.15) is 0 Å². The lowest BCUT2D eigenvalue weighted by Gasteiger charge is -2.14. The molecule has 2 N–H and O–H groups in total. The molecule has 1 aromatic heterocycles. The monoisotopic (exact) mass is 352 g/mol. The minimum Gasteiger partial charge on any atom is -0.495 e. The highest BCUT2D eigenvalue weighted by Crippen LogP contribution is 2.27. The first kappa shape index (κ1) is 17.8. The van der Waals surface area contributed by atoms with Gasteiger partial charge in [0.1, 0.15) is 12.3 Å². The Morgan fingerprint density at radius 3 is 2.58 bits per heavy atom. The Hall–Kier alpha value is -2.51. The molecule has 0 aliphatic carbocycles. The molecular weight excluding hydrogens is 336 g/mol. The largest absolute Gasteiger partial charge is 0.495 e. The first-order valence-electron chi connectivity index (χ1n) is 7.00. The molecule has 0 bridgehead atoms. The molecule has 0 aliphatic heterocycles. The van der Waals surface area contributed by atoms with Crippen LogP contribution in [0.5, 0.6) is 11.5 Å². The first-order chi connectivity index (χ1) is 11.5. The number of anilines is 1. The van der Waals surface area contributed by atoms with Crippen molar-refractivity contribution in [1.29, 1.82) is 0 Å². The van der Waals surface area contributed by atoms with Gasteiger partial charge in [-0.25, -0.2) is 0 Å². The van der Waals surface area contributed by atoms with Crippen LogP contribution in [0, 0.1) is 0 Å². The number of benzene rings is 1. The lowest BCUT2D eigenvalue weighted by Crippen LogP contribution is -2.23. The van der Waals surface area contributed by atoms with Crippen molar-refractivity contribution in [2.24, 2.45) is 0 Å². The van der Waals surface area contributed by atoms with Gasteiger partial charge in [0.25, 0.3) is 0 Å². The normalized spacial score (nSPS) is 10.3. The molecule has 0 saturated carbocycles. The number of carbonyl (C=O) groups excluding carboxylic acids is 1. The zero-order chi connectivity index (χ0) is 17.7. The molecule has 0 radical (unpaired) electrons. The molecule has 1 heterocycles. The van der Waals surface area contributed by atoms with Gasteiger partial charge in [-0.05, 0) is 18.2 Å². The van der Waals surface area contributed by atoms with E-state index in [0.717, 1.165) is 0 Å². The number of hydrogen-bond acceptors (Lipinski definition) is 5. The van der Waals surface area contributed by atoms with E-state index in [2.05, 4.69) is 5.32 Å². The highest BCUT2D eigenvalue weighted by Gasteiger charge is 2.12. The second-order valence-corrected chi connectivity index (χ2v) is 5.31. The maximum atomic E-state index is 12.3. The molecule has 7 nitrogen and oxygen atoms in total. The lowest BCUT2D eigenvalue weighted by molar-refractivity contribution is -0.116. The fraction of sp³-hybridized carbons (Fsp3) is 0.250. The summed E-state index contributed by atoms with van der Waals surface area (Å²) in [7, 11) is 2.84. The number of rotatable bonds is 6. The second-order valence-electron chi connectivity index (χ2n) is 4.88. The van der Waals surface area contributed by atoms with E-state index in [4.69, 9.17) is 21.1 Å². The standard InChI is InChI=1S/C16H17ClN2O5/c1-23-14-4-3-10(17)5-12(14)18-16(22)8-19-7-15(24-2)13(21)6-11(19)9-20/h3-7,20H,8-9H2,1-2H3,(H,18,22). The molecule has 0 aliphatic rings. The summed E-state index contributed by atoms with van der Waals surface area (Å²) in [5.74, 6) is 0.170. The van der Waals surface area contributed by atoms with Gasteiger partial charge in [-0.15, -0.1) is 0 Å². The molecule has 2 rings (SSSR count). The van der Waals surface area contributed by atoms with Crippen LogP contribution in [0.3, 0.4) is 0 Å². The van der Waals surface area contributed by atoms with Crippen LogP contribution >= 0.6 is 11.6 Å². The molecule has 1 amide bonds. The zero-order valence-corrected chi connectivity index (χ0v) is 14.0. The molecule has 8 heteroatoms. The highest BCUT2D eigenvalue weighted by atomic mass is 35.5. The number of nitrogens with one attached hydrogen (secondary N) is 1. The van der Waals surface area contributed by atoms with E-state index in [1.807, 2.05) is 0 Å². The molecule has 1 aromatic carbocycles. The van der Waals surface area contributed by atoms with E-state index in [1.165, 1.54) is 31.0 Å². The number of aromatic nitrogens is 1. The number of carbonyl (C=O) groups is 1. The van der Waals surface area contributed by atoms with E-state index in [0.29, 0.717) is 22.2 Å². The van der Waals surface area contributed by atoms with Crippen LogP contribution in [-0.4, -0.2) is 29.8 Å². The van der Waals surface area contributed by atoms with Crippen molar-refractivity contribution < 1.29 is 19.4 Å². The number of aliphatic hydroxyl groups is 1. The smallest absolute Gasteiger partial charge is 0.244 e. The Balaban J connectivity index is 2.24. The Labute approximate surface area is 143 Å². The van der Waals surface area contributed by atoms with Crippen LogP contribution < -0.4 is 20.2 Å². The van der Waals surface area contributed by atoms with Crippen LogP contribution in [0.25, 0.3) is 0 Å². The Morgan fingerprint density at radius 1 is 1.25 bits per heavy atom. The topological polar surface area (TPSA) is 89.8 Å². The van der Waals surface area contributed by atoms with Crippen LogP contribution in [0.4, 0.5) is 5.69 Å². The molecule has 24 heavy (non-hydrogen) atoms. The van der Waals surface area contributed by atoms with Gasteiger partial charge in [0.2, 0.25) is 11.3 Å². The van der Waals surface area contributed by atoms with Crippen LogP contribution in [-0.2, 0) is 17.9 Å². The van der Waals surface area contributed by atoms with Gasteiger partial charge in [0.15, 0.2) is 5.75 Å². The average molecular weight is 353 g/mol. The predicted molar refractivity (Wildman–Crippen MR) is 89.8 cm³/mol. The van der Waals surface area contributed by atoms with E-state index >= 15 is 0 Å². The molecule has 0 unspecified atom stereocenters. The quantitative estimate of drug-likeness (QED) is 0.825. The SMILES string of the molecule is COc1ccc(Cl)cc1NC(=O)Cn1cc(OC)c(=O)cc1CO. The number of amides is 1. The van der Waals surface area contributed by atoms with E-state index in [1.54, 1.807) is 18.2 Å². The minimum atomic E-state index is -0.382. The number of hydrogen-bond donors (Lipinski definition) is 2. The predicted octanol–water partition coefficient (Wildman–Crippen LogP) is 1.65. The summed E-state index contributed by atoms with van der Waals surface area (Å²) in [5.41, 5.74) is 0.359. The second kappa shape index (κ2) is 7.85. The van der Waals surface area contributed by atoms with Crippen molar-refractivity contribution in [3.05, 3.63) is 51.4 Å². The Kier molecular flexibility index (Phi) is 5.83. The van der Waals surface area contributed by atoms with E-state index in [-0.39, 0.29) is 30.2 Å². The summed E-state index contributed by atoms with van der Waals surface area (Å²) in [6.07, 6.45) is 1.38. The van der Waals surface area contributed by atoms with Crippen molar-refractivity contribution in [1.82, 2.24) is 4.57 Å². The summed E-state index contributed by atoms with van der Waals surface area (Å²) in [6.45, 7) is -0.505. The molecule has 2 aromatic rings. The number of pyridine rings is 1. The number of methoxy groups -OCH3 is 2. The van der Waals surface area contributed by atoms with Crippen LogP contribution in [0.1, 0.15) is 5.69 Å². The van der Waals surface area contributed by atoms with Gasteiger partial charge >= 0.3 is 0 Å². The fourth-order valence-electron chi connectivity index (χ4n) is 2.15. The minimum absolute atomic E-state index is 0.0836. The molecule has 128 valence electrons. The number of ether oxygens (including phenoxy) is 2. The summed E-state index contributed by atoms with van der Waals surface area (Å²) < 4.78 is 11.6. The molecular formula is C16H17ClN2O5. The first-order valence-corrected chi connectivity index (χ1v) is 7.38. The summed E-state index contributed by atoms with van der Waals surface area (Å²) >= 11 is 5.93. The molecule has 0 atom stereocenters. The van der Waals surface area contributed by atoms with Crippen LogP contribution in [0.2, 0.25) is 5.02 Å². The van der Waals surface area contributed by atoms with Crippen molar-refractivity contribution in [3.63, 3.8) is 0 Å². The number of nitrogens with zero attached hydrogens (tertiary/aromatic N) is 1. The van der Waals surface area contributed by atoms with Crippen molar-refractivity contribution >= 4 is 23.2 Å². The van der Waals surface area contributed by atoms with Crippen molar-refractivity contribution in [2.75, 3.05) is 19.5 Å². The zero-order valence-electron chi connectivity index (χ0n) is 13.2. The fourth-order valence-corrected chi connectivity index (χ4v) is 2.32. The maximum Gasteiger partial charge on any atom is 0.244 e. The summed E-state index contributed by atoms with van der Waals surface area (Å²) in [6, 6.07) is 6.08. The van der Waals surface area contributed by atoms with Gasteiger partial charge in [0.05, 0.1) is 32.7 Å². The van der Waals surface area contributed by atoms with Crippen molar-refractivity contribution in [2.45, 2.75) is 13.2 Å². The molecule has 0 spiro atoms. The van der Waals surface area contributed by atoms with Gasteiger partial charge < -0.3 is 24.5 Å². The van der Waals surface area contributed by atoms with Gasteiger partial charge in [-0.3, -0.25) is 9.59 Å². The van der Waals surface area contributed by atoms with Crippen LogP contribution in [0.15, 0.2) is 35.3 Å². The molecule has 0 saturated heterocycles. The van der Waals surface area contributed by atoms with Crippen molar-refractivity contribution in [3.8, 4) is 11.5 Å². The van der Waals surface area contributed by atoms with E-state index in [9.17, 15) is 14.7 Å². The Bertz CT molecular complexity index is 804. The lowest BCUT2D eigenvalue weighted by atomic mass is 10.3.